The number of hydrogen-bond donors (Lipinski definition) is 0. The van der Waals surface area contributed by atoms with Crippen molar-refractivity contribution < 1.29 is 28.5 Å². The first kappa shape index (κ1) is 19.5. The van der Waals surface area contributed by atoms with E-state index in [-0.39, 0.29) is 12.7 Å². The van der Waals surface area contributed by atoms with Crippen molar-refractivity contribution in [2.75, 3.05) is 20.3 Å². The quantitative estimate of drug-likeness (QED) is 0.409. The fraction of sp³-hybridized carbons (Fsp3) is 0.300. The standard InChI is InChI=1S/C20H22O6/c1-14(2)25-18-7-5-4-6-17(18)20(22)26-16-10-8-15(9-11-16)19(21)24-13-12-23-3/h4-11,14H,12-13H2,1-3H3. The van der Waals surface area contributed by atoms with Crippen molar-refractivity contribution in [2.24, 2.45) is 0 Å². The lowest BCUT2D eigenvalue weighted by Gasteiger charge is -2.13. The third kappa shape index (κ3) is 5.60. The molecule has 0 aliphatic rings. The monoisotopic (exact) mass is 358 g/mol. The Balaban J connectivity index is 2.03. The van der Waals surface area contributed by atoms with Gasteiger partial charge in [-0.1, -0.05) is 12.1 Å². The van der Waals surface area contributed by atoms with Gasteiger partial charge in [0.2, 0.25) is 0 Å². The lowest BCUT2D eigenvalue weighted by atomic mass is 10.2. The smallest absolute Gasteiger partial charge is 0.347 e. The zero-order valence-corrected chi connectivity index (χ0v) is 15.1. The van der Waals surface area contributed by atoms with Gasteiger partial charge in [-0.25, -0.2) is 9.59 Å². The number of para-hydroxylation sites is 1. The SMILES string of the molecule is COCCOC(=O)c1ccc(OC(=O)c2ccccc2OC(C)C)cc1. The van der Waals surface area contributed by atoms with Gasteiger partial charge >= 0.3 is 11.9 Å². The molecule has 6 nitrogen and oxygen atoms in total. The van der Waals surface area contributed by atoms with Crippen molar-refractivity contribution in [1.29, 1.82) is 0 Å². The molecule has 0 bridgehead atoms. The predicted octanol–water partition coefficient (Wildman–Crippen LogP) is 3.50. The van der Waals surface area contributed by atoms with E-state index >= 15 is 0 Å². The number of benzene rings is 2. The van der Waals surface area contributed by atoms with Gasteiger partial charge in [0, 0.05) is 7.11 Å². The molecule has 0 fully saturated rings. The Bertz CT molecular complexity index is 736. The summed E-state index contributed by atoms with van der Waals surface area (Å²) >= 11 is 0. The van der Waals surface area contributed by atoms with E-state index in [9.17, 15) is 9.59 Å². The molecule has 2 rings (SSSR count). The average molecular weight is 358 g/mol. The van der Waals surface area contributed by atoms with Gasteiger partial charge in [-0.05, 0) is 50.2 Å². The van der Waals surface area contributed by atoms with Crippen molar-refractivity contribution >= 4 is 11.9 Å². The van der Waals surface area contributed by atoms with E-state index in [1.165, 1.54) is 31.4 Å². The Morgan fingerprint density at radius 2 is 1.62 bits per heavy atom. The van der Waals surface area contributed by atoms with E-state index in [1.807, 2.05) is 13.8 Å². The molecule has 2 aromatic carbocycles. The van der Waals surface area contributed by atoms with Crippen LogP contribution in [0, 0.1) is 0 Å². The molecule has 0 amide bonds. The molecule has 0 saturated heterocycles. The zero-order chi connectivity index (χ0) is 18.9. The maximum absolute atomic E-state index is 12.4. The second-order valence-corrected chi connectivity index (χ2v) is 5.71. The summed E-state index contributed by atoms with van der Waals surface area (Å²) in [6, 6.07) is 13.0. The summed E-state index contributed by atoms with van der Waals surface area (Å²) in [5, 5.41) is 0. The minimum Gasteiger partial charge on any atom is -0.490 e. The van der Waals surface area contributed by atoms with Crippen molar-refractivity contribution in [1.82, 2.24) is 0 Å². The molecule has 26 heavy (non-hydrogen) atoms. The lowest BCUT2D eigenvalue weighted by molar-refractivity contribution is 0.0388. The first-order valence-corrected chi connectivity index (χ1v) is 8.25. The van der Waals surface area contributed by atoms with Crippen LogP contribution < -0.4 is 9.47 Å². The molecule has 0 aliphatic carbocycles. The Hall–Kier alpha value is -2.86. The summed E-state index contributed by atoms with van der Waals surface area (Å²) in [6.07, 6.45) is -0.0626. The second-order valence-electron chi connectivity index (χ2n) is 5.71. The van der Waals surface area contributed by atoms with Crippen LogP contribution in [0.1, 0.15) is 34.6 Å². The summed E-state index contributed by atoms with van der Waals surface area (Å²) in [6.45, 7) is 4.27. The molecule has 0 N–H and O–H groups in total. The van der Waals surface area contributed by atoms with Gasteiger partial charge in [-0.3, -0.25) is 0 Å². The summed E-state index contributed by atoms with van der Waals surface area (Å²) in [7, 11) is 1.53. The molecule has 138 valence electrons. The minimum absolute atomic E-state index is 0.0626. The molecule has 6 heteroatoms. The molecule has 0 spiro atoms. The highest BCUT2D eigenvalue weighted by molar-refractivity contribution is 5.94. The van der Waals surface area contributed by atoms with Crippen molar-refractivity contribution in [2.45, 2.75) is 20.0 Å². The third-order valence-corrected chi connectivity index (χ3v) is 3.29. The molecule has 0 radical (unpaired) electrons. The van der Waals surface area contributed by atoms with E-state index in [2.05, 4.69) is 0 Å². The third-order valence-electron chi connectivity index (χ3n) is 3.29. The van der Waals surface area contributed by atoms with Crippen LogP contribution in [-0.4, -0.2) is 38.4 Å². The molecule has 0 unspecified atom stereocenters. The van der Waals surface area contributed by atoms with Crippen LogP contribution in [0.2, 0.25) is 0 Å². The van der Waals surface area contributed by atoms with Gasteiger partial charge in [0.1, 0.15) is 23.7 Å². The van der Waals surface area contributed by atoms with Gasteiger partial charge in [0.25, 0.3) is 0 Å². The number of carbonyl (C=O) groups is 2. The highest BCUT2D eigenvalue weighted by atomic mass is 16.6. The maximum atomic E-state index is 12.4. The fourth-order valence-electron chi connectivity index (χ4n) is 2.11. The van der Waals surface area contributed by atoms with Crippen LogP contribution in [0.15, 0.2) is 48.5 Å². The van der Waals surface area contributed by atoms with E-state index in [1.54, 1.807) is 24.3 Å². The van der Waals surface area contributed by atoms with Crippen molar-refractivity contribution in [3.8, 4) is 11.5 Å². The normalized spacial score (nSPS) is 10.5. The maximum Gasteiger partial charge on any atom is 0.347 e. The van der Waals surface area contributed by atoms with Crippen LogP contribution in [0.3, 0.4) is 0 Å². The predicted molar refractivity (Wildman–Crippen MR) is 95.8 cm³/mol. The molecule has 0 heterocycles. The summed E-state index contributed by atoms with van der Waals surface area (Å²) < 4.78 is 20.8. The number of esters is 2. The van der Waals surface area contributed by atoms with Crippen LogP contribution in [-0.2, 0) is 9.47 Å². The van der Waals surface area contributed by atoms with Gasteiger partial charge in [-0.2, -0.15) is 0 Å². The summed E-state index contributed by atoms with van der Waals surface area (Å²) in [5.41, 5.74) is 0.702. The first-order valence-electron chi connectivity index (χ1n) is 8.25. The molecular formula is C20H22O6. The number of methoxy groups -OCH3 is 1. The van der Waals surface area contributed by atoms with Crippen molar-refractivity contribution in [3.63, 3.8) is 0 Å². The molecule has 0 saturated carbocycles. The second kappa shape index (κ2) is 9.58. The average Bonchev–Trinajstić information content (AvgIpc) is 2.62. The largest absolute Gasteiger partial charge is 0.490 e. The van der Waals surface area contributed by atoms with E-state index in [0.717, 1.165) is 0 Å². The van der Waals surface area contributed by atoms with Crippen LogP contribution in [0.25, 0.3) is 0 Å². The van der Waals surface area contributed by atoms with Crippen LogP contribution >= 0.6 is 0 Å². The Morgan fingerprint density at radius 1 is 0.923 bits per heavy atom. The molecule has 0 aliphatic heterocycles. The lowest BCUT2D eigenvalue weighted by Crippen LogP contribution is -2.14. The minimum atomic E-state index is -0.531. The Kier molecular flexibility index (Phi) is 7.17. The van der Waals surface area contributed by atoms with Crippen molar-refractivity contribution in [3.05, 3.63) is 59.7 Å². The molecule has 0 atom stereocenters. The van der Waals surface area contributed by atoms with E-state index in [4.69, 9.17) is 18.9 Å². The summed E-state index contributed by atoms with van der Waals surface area (Å²) in [5.74, 6) is -0.207. The van der Waals surface area contributed by atoms with Gasteiger partial charge in [0.15, 0.2) is 0 Å². The summed E-state index contributed by atoms with van der Waals surface area (Å²) in [4.78, 5) is 24.2. The van der Waals surface area contributed by atoms with E-state index in [0.29, 0.717) is 29.2 Å². The number of rotatable bonds is 8. The number of ether oxygens (including phenoxy) is 4. The van der Waals surface area contributed by atoms with E-state index < -0.39 is 11.9 Å². The first-order chi connectivity index (χ1) is 12.5. The topological polar surface area (TPSA) is 71.1 Å². The Labute approximate surface area is 152 Å². The van der Waals surface area contributed by atoms with Crippen LogP contribution in [0.4, 0.5) is 0 Å². The highest BCUT2D eigenvalue weighted by Crippen LogP contribution is 2.22. The van der Waals surface area contributed by atoms with Gasteiger partial charge < -0.3 is 18.9 Å². The highest BCUT2D eigenvalue weighted by Gasteiger charge is 2.16. The van der Waals surface area contributed by atoms with Gasteiger partial charge in [0.05, 0.1) is 18.3 Å². The zero-order valence-electron chi connectivity index (χ0n) is 15.1. The molecule has 0 aromatic heterocycles. The fourth-order valence-corrected chi connectivity index (χ4v) is 2.11. The molecule has 2 aromatic rings. The number of carbonyl (C=O) groups excluding carboxylic acids is 2. The molecular weight excluding hydrogens is 336 g/mol. The van der Waals surface area contributed by atoms with Gasteiger partial charge in [-0.15, -0.1) is 0 Å². The number of hydrogen-bond acceptors (Lipinski definition) is 6. The van der Waals surface area contributed by atoms with Crippen LogP contribution in [0.5, 0.6) is 11.5 Å². The Morgan fingerprint density at radius 3 is 2.27 bits per heavy atom.